The number of thiazole rings is 1. The first kappa shape index (κ1) is 17.3. The lowest BCUT2D eigenvalue weighted by molar-refractivity contribution is -0.126. The summed E-state index contributed by atoms with van der Waals surface area (Å²) in [5, 5.41) is 9.98. The number of aromatic nitrogens is 5. The number of carbonyl (C=O) groups is 1. The maximum Gasteiger partial charge on any atom is 0.247 e. The monoisotopic (exact) mass is 381 g/mol. The number of anilines is 2. The third-order valence-electron chi connectivity index (χ3n) is 4.38. The molecule has 0 radical (unpaired) electrons. The Hall–Kier alpha value is -3.07. The first-order chi connectivity index (χ1) is 13.2. The van der Waals surface area contributed by atoms with Crippen molar-refractivity contribution in [2.45, 2.75) is 18.9 Å². The molecule has 4 rings (SSSR count). The molecule has 1 saturated heterocycles. The summed E-state index contributed by atoms with van der Waals surface area (Å²) in [6.07, 6.45) is 13.8. The van der Waals surface area contributed by atoms with Crippen molar-refractivity contribution in [1.29, 1.82) is 0 Å². The maximum absolute atomic E-state index is 12.8. The van der Waals surface area contributed by atoms with Gasteiger partial charge in [-0.3, -0.25) is 14.5 Å². The number of likely N-dealkylation sites (tertiary alicyclic amines) is 1. The van der Waals surface area contributed by atoms with Crippen LogP contribution in [0.1, 0.15) is 30.1 Å². The van der Waals surface area contributed by atoms with Crippen molar-refractivity contribution in [3.05, 3.63) is 53.7 Å². The fourth-order valence-corrected chi connectivity index (χ4v) is 3.71. The Labute approximate surface area is 160 Å². The van der Waals surface area contributed by atoms with Crippen LogP contribution in [-0.2, 0) is 11.8 Å². The highest BCUT2D eigenvalue weighted by atomic mass is 32.1. The average molecular weight is 381 g/mol. The summed E-state index contributed by atoms with van der Waals surface area (Å²) in [7, 11) is 1.85. The Morgan fingerprint density at radius 2 is 2.19 bits per heavy atom. The number of aryl methyl sites for hydroxylation is 1. The van der Waals surface area contributed by atoms with Gasteiger partial charge in [0, 0.05) is 55.4 Å². The smallest absolute Gasteiger partial charge is 0.247 e. The molecule has 3 aromatic rings. The Balaban J connectivity index is 1.54. The molecule has 1 atom stereocenters. The number of amides is 1. The zero-order chi connectivity index (χ0) is 18.6. The SMILES string of the molecule is Cn1cc(/C=C/C(=O)N2CCC[C@@H]2c2nccnc2Nc2nccs2)cn1. The van der Waals surface area contributed by atoms with E-state index >= 15 is 0 Å². The molecule has 4 heterocycles. The summed E-state index contributed by atoms with van der Waals surface area (Å²) in [6, 6.07) is -0.104. The first-order valence-electron chi connectivity index (χ1n) is 8.65. The van der Waals surface area contributed by atoms with Gasteiger partial charge in [0.05, 0.1) is 12.2 Å². The van der Waals surface area contributed by atoms with Crippen LogP contribution >= 0.6 is 11.3 Å². The number of nitrogens with zero attached hydrogens (tertiary/aromatic N) is 6. The lowest BCUT2D eigenvalue weighted by Crippen LogP contribution is -2.30. The summed E-state index contributed by atoms with van der Waals surface area (Å²) >= 11 is 1.49. The minimum absolute atomic E-state index is 0.0350. The normalized spacial score (nSPS) is 16.9. The lowest BCUT2D eigenvalue weighted by Gasteiger charge is -2.24. The van der Waals surface area contributed by atoms with E-state index in [0.717, 1.165) is 29.2 Å². The van der Waals surface area contributed by atoms with E-state index in [9.17, 15) is 4.79 Å². The van der Waals surface area contributed by atoms with Gasteiger partial charge in [-0.25, -0.2) is 9.97 Å². The molecule has 1 fully saturated rings. The number of nitrogens with one attached hydrogen (secondary N) is 1. The van der Waals surface area contributed by atoms with Gasteiger partial charge in [-0.1, -0.05) is 0 Å². The third-order valence-corrected chi connectivity index (χ3v) is 5.07. The van der Waals surface area contributed by atoms with Crippen LogP contribution < -0.4 is 5.32 Å². The molecule has 0 saturated carbocycles. The molecule has 1 amide bonds. The van der Waals surface area contributed by atoms with Crippen LogP contribution in [-0.4, -0.2) is 42.1 Å². The van der Waals surface area contributed by atoms with Crippen molar-refractivity contribution in [2.24, 2.45) is 7.05 Å². The van der Waals surface area contributed by atoms with Crippen molar-refractivity contribution in [2.75, 3.05) is 11.9 Å². The van der Waals surface area contributed by atoms with E-state index in [1.807, 2.05) is 23.5 Å². The molecule has 9 heteroatoms. The van der Waals surface area contributed by atoms with Crippen LogP contribution in [0.2, 0.25) is 0 Å². The zero-order valence-electron chi connectivity index (χ0n) is 14.8. The molecular formula is C18H19N7OS. The molecule has 0 spiro atoms. The predicted octanol–water partition coefficient (Wildman–Crippen LogP) is 2.79. The highest BCUT2D eigenvalue weighted by Gasteiger charge is 2.32. The average Bonchev–Trinajstić information content (AvgIpc) is 3.42. The second kappa shape index (κ2) is 7.67. The minimum atomic E-state index is -0.104. The third kappa shape index (κ3) is 3.87. The van der Waals surface area contributed by atoms with Crippen molar-refractivity contribution in [3.63, 3.8) is 0 Å². The van der Waals surface area contributed by atoms with Crippen LogP contribution in [0.4, 0.5) is 10.9 Å². The minimum Gasteiger partial charge on any atom is -0.330 e. The number of hydrogen-bond acceptors (Lipinski definition) is 7. The second-order valence-corrected chi connectivity index (χ2v) is 7.12. The topological polar surface area (TPSA) is 88.8 Å². The molecule has 27 heavy (non-hydrogen) atoms. The van der Waals surface area contributed by atoms with E-state index in [1.165, 1.54) is 11.3 Å². The molecule has 8 nitrogen and oxygen atoms in total. The van der Waals surface area contributed by atoms with E-state index in [1.54, 1.807) is 41.6 Å². The fourth-order valence-electron chi connectivity index (χ4n) is 3.18. The largest absolute Gasteiger partial charge is 0.330 e. The Bertz CT molecular complexity index is 950. The van der Waals surface area contributed by atoms with Crippen LogP contribution in [0.3, 0.4) is 0 Å². The van der Waals surface area contributed by atoms with E-state index < -0.39 is 0 Å². The van der Waals surface area contributed by atoms with Gasteiger partial charge in [0.15, 0.2) is 10.9 Å². The predicted molar refractivity (Wildman–Crippen MR) is 103 cm³/mol. The van der Waals surface area contributed by atoms with Gasteiger partial charge in [-0.05, 0) is 18.9 Å². The van der Waals surface area contributed by atoms with Crippen LogP contribution in [0.25, 0.3) is 6.08 Å². The molecular weight excluding hydrogens is 362 g/mol. The lowest BCUT2D eigenvalue weighted by atomic mass is 10.1. The van der Waals surface area contributed by atoms with Gasteiger partial charge in [-0.2, -0.15) is 5.10 Å². The summed E-state index contributed by atoms with van der Waals surface area (Å²) in [4.78, 5) is 27.8. The Morgan fingerprint density at radius 1 is 1.30 bits per heavy atom. The summed E-state index contributed by atoms with van der Waals surface area (Å²) in [5.74, 6) is 0.612. The molecule has 138 valence electrons. The Morgan fingerprint density at radius 3 is 2.96 bits per heavy atom. The number of hydrogen-bond donors (Lipinski definition) is 1. The van der Waals surface area contributed by atoms with Crippen molar-refractivity contribution in [1.82, 2.24) is 29.6 Å². The molecule has 1 N–H and O–H groups in total. The van der Waals surface area contributed by atoms with Gasteiger partial charge >= 0.3 is 0 Å². The van der Waals surface area contributed by atoms with Gasteiger partial charge in [0.25, 0.3) is 0 Å². The van der Waals surface area contributed by atoms with E-state index in [4.69, 9.17) is 0 Å². The first-order valence-corrected chi connectivity index (χ1v) is 9.53. The highest BCUT2D eigenvalue weighted by Crippen LogP contribution is 2.35. The zero-order valence-corrected chi connectivity index (χ0v) is 15.6. The van der Waals surface area contributed by atoms with Gasteiger partial charge in [0.1, 0.15) is 5.69 Å². The standard InChI is InChI=1S/C18H19N7OS/c1-24-12-13(11-22-24)4-5-15(26)25-9-2-3-14(25)16-17(20-7-6-19-16)23-18-21-8-10-27-18/h4-8,10-12,14H,2-3,9H2,1H3,(H,20,21,23)/b5-4+/t14-/m1/s1. The molecule has 3 aromatic heterocycles. The number of carbonyl (C=O) groups excluding carboxylic acids is 1. The molecule has 0 bridgehead atoms. The van der Waals surface area contributed by atoms with E-state index in [2.05, 4.69) is 25.4 Å². The molecule has 0 unspecified atom stereocenters. The van der Waals surface area contributed by atoms with Gasteiger partial charge in [0.2, 0.25) is 5.91 Å². The van der Waals surface area contributed by atoms with E-state index in [-0.39, 0.29) is 11.9 Å². The maximum atomic E-state index is 12.8. The molecule has 0 aromatic carbocycles. The van der Waals surface area contributed by atoms with Crippen LogP contribution in [0, 0.1) is 0 Å². The van der Waals surface area contributed by atoms with Crippen LogP contribution in [0.15, 0.2) is 42.4 Å². The highest BCUT2D eigenvalue weighted by molar-refractivity contribution is 7.13. The molecule has 0 aliphatic carbocycles. The summed E-state index contributed by atoms with van der Waals surface area (Å²) in [6.45, 7) is 0.703. The van der Waals surface area contributed by atoms with Gasteiger partial charge in [-0.15, -0.1) is 11.3 Å². The van der Waals surface area contributed by atoms with Crippen LogP contribution in [0.5, 0.6) is 0 Å². The van der Waals surface area contributed by atoms with Gasteiger partial charge < -0.3 is 10.2 Å². The Kier molecular flexibility index (Phi) is 4.93. The summed E-state index contributed by atoms with van der Waals surface area (Å²) < 4.78 is 1.71. The number of rotatable bonds is 5. The van der Waals surface area contributed by atoms with Crippen molar-refractivity contribution >= 4 is 34.3 Å². The second-order valence-electron chi connectivity index (χ2n) is 6.22. The van der Waals surface area contributed by atoms with Crippen molar-refractivity contribution in [3.8, 4) is 0 Å². The van der Waals surface area contributed by atoms with Crippen molar-refractivity contribution < 1.29 is 4.79 Å². The quantitative estimate of drug-likeness (QED) is 0.684. The molecule has 1 aliphatic heterocycles. The summed E-state index contributed by atoms with van der Waals surface area (Å²) in [5.41, 5.74) is 1.67. The molecule has 1 aliphatic rings. The van der Waals surface area contributed by atoms with E-state index in [0.29, 0.717) is 12.4 Å². The fraction of sp³-hybridized carbons (Fsp3) is 0.278.